The lowest BCUT2D eigenvalue weighted by Gasteiger charge is -2.14. The van der Waals surface area contributed by atoms with Crippen LogP contribution >= 0.6 is 0 Å². The molecule has 1 aromatic rings. The molecule has 0 radical (unpaired) electrons. The lowest BCUT2D eigenvalue weighted by atomic mass is 10.1. The summed E-state index contributed by atoms with van der Waals surface area (Å²) in [5.74, 6) is -1.04. The fourth-order valence-corrected chi connectivity index (χ4v) is 1.45. The maximum Gasteiger partial charge on any atom is 0.306 e. The average molecular weight is 239 g/mol. The molecule has 0 amide bonds. The van der Waals surface area contributed by atoms with Gasteiger partial charge in [-0.25, -0.2) is 0 Å². The predicted octanol–water partition coefficient (Wildman–Crippen LogP) is 0.145. The Balaban J connectivity index is 2.25. The van der Waals surface area contributed by atoms with Crippen LogP contribution in [-0.4, -0.2) is 40.5 Å². The molecule has 5 heteroatoms. The second-order valence-corrected chi connectivity index (χ2v) is 3.84. The number of aliphatic carboxylic acids is 1. The van der Waals surface area contributed by atoms with Crippen LogP contribution in [0, 0.1) is 0 Å². The Bertz CT molecular complexity index is 342. The van der Waals surface area contributed by atoms with Crippen LogP contribution in [-0.2, 0) is 4.79 Å². The van der Waals surface area contributed by atoms with Gasteiger partial charge in [0, 0.05) is 13.1 Å². The zero-order valence-electron chi connectivity index (χ0n) is 9.41. The molecule has 2 atom stereocenters. The number of aliphatic hydroxyl groups excluding tert-OH is 2. The highest BCUT2D eigenvalue weighted by molar-refractivity contribution is 5.67. The normalized spacial score (nSPS) is 14.2. The van der Waals surface area contributed by atoms with E-state index in [4.69, 9.17) is 5.11 Å². The van der Waals surface area contributed by atoms with Gasteiger partial charge in [0.2, 0.25) is 0 Å². The molecule has 0 saturated heterocycles. The first-order chi connectivity index (χ1) is 8.09. The average Bonchev–Trinajstić information content (AvgIpc) is 2.29. The predicted molar refractivity (Wildman–Crippen MR) is 62.5 cm³/mol. The summed E-state index contributed by atoms with van der Waals surface area (Å²) in [6, 6.07) is 9.13. The first kappa shape index (κ1) is 13.6. The summed E-state index contributed by atoms with van der Waals surface area (Å²) < 4.78 is 0. The number of nitrogens with one attached hydrogen (secondary N) is 1. The molecule has 0 spiro atoms. The molecule has 0 aliphatic heterocycles. The van der Waals surface area contributed by atoms with Crippen molar-refractivity contribution in [1.29, 1.82) is 0 Å². The highest BCUT2D eigenvalue weighted by Gasteiger charge is 2.10. The van der Waals surface area contributed by atoms with Crippen molar-refractivity contribution in [2.45, 2.75) is 18.6 Å². The molecule has 0 aliphatic rings. The lowest BCUT2D eigenvalue weighted by molar-refractivity contribution is -0.139. The van der Waals surface area contributed by atoms with E-state index in [0.29, 0.717) is 0 Å². The third-order valence-corrected chi connectivity index (χ3v) is 2.31. The largest absolute Gasteiger partial charge is 0.481 e. The van der Waals surface area contributed by atoms with Crippen LogP contribution in [0.5, 0.6) is 0 Å². The molecule has 0 aliphatic carbocycles. The smallest absolute Gasteiger partial charge is 0.306 e. The third kappa shape index (κ3) is 5.44. The van der Waals surface area contributed by atoms with Crippen LogP contribution in [0.15, 0.2) is 30.3 Å². The Morgan fingerprint density at radius 3 is 2.41 bits per heavy atom. The van der Waals surface area contributed by atoms with E-state index >= 15 is 0 Å². The van der Waals surface area contributed by atoms with Gasteiger partial charge in [0.25, 0.3) is 0 Å². The zero-order valence-corrected chi connectivity index (χ0v) is 9.41. The van der Waals surface area contributed by atoms with Crippen LogP contribution in [0.2, 0.25) is 0 Å². The van der Waals surface area contributed by atoms with Crippen LogP contribution < -0.4 is 5.32 Å². The van der Waals surface area contributed by atoms with Crippen molar-refractivity contribution in [3.63, 3.8) is 0 Å². The molecule has 4 N–H and O–H groups in total. The molecular weight excluding hydrogens is 222 g/mol. The summed E-state index contributed by atoms with van der Waals surface area (Å²) in [5, 5.41) is 30.3. The number of carboxylic acid groups (broad SMARTS) is 1. The summed E-state index contributed by atoms with van der Waals surface area (Å²) in [4.78, 5) is 10.3. The third-order valence-electron chi connectivity index (χ3n) is 2.31. The molecule has 0 aromatic heterocycles. The molecule has 0 bridgehead atoms. The van der Waals surface area contributed by atoms with Gasteiger partial charge >= 0.3 is 5.97 Å². The molecule has 1 aromatic carbocycles. The quantitative estimate of drug-likeness (QED) is 0.543. The Morgan fingerprint density at radius 2 is 1.82 bits per heavy atom. The van der Waals surface area contributed by atoms with Gasteiger partial charge in [-0.3, -0.25) is 4.79 Å². The second kappa shape index (κ2) is 7.01. The number of rotatable bonds is 7. The summed E-state index contributed by atoms with van der Waals surface area (Å²) in [5.41, 5.74) is 0.785. The Morgan fingerprint density at radius 1 is 1.18 bits per heavy atom. The van der Waals surface area contributed by atoms with Gasteiger partial charge in [0.1, 0.15) is 0 Å². The first-order valence-corrected chi connectivity index (χ1v) is 5.43. The molecule has 94 valence electrons. The van der Waals surface area contributed by atoms with Crippen molar-refractivity contribution in [2.24, 2.45) is 0 Å². The molecule has 1 rings (SSSR count). The highest BCUT2D eigenvalue weighted by Crippen LogP contribution is 2.10. The van der Waals surface area contributed by atoms with E-state index in [0.717, 1.165) is 5.56 Å². The van der Waals surface area contributed by atoms with Gasteiger partial charge in [-0.1, -0.05) is 30.3 Å². The summed E-state index contributed by atoms with van der Waals surface area (Å²) in [6.07, 6.45) is -1.89. The Labute approximate surface area is 99.7 Å². The second-order valence-electron chi connectivity index (χ2n) is 3.84. The minimum Gasteiger partial charge on any atom is -0.481 e. The van der Waals surface area contributed by atoms with Crippen LogP contribution in [0.1, 0.15) is 18.1 Å². The van der Waals surface area contributed by atoms with Crippen molar-refractivity contribution < 1.29 is 20.1 Å². The summed E-state index contributed by atoms with van der Waals surface area (Å²) in [7, 11) is 0. The maximum absolute atomic E-state index is 10.3. The molecule has 5 nitrogen and oxygen atoms in total. The molecular formula is C12H17NO4. The minimum absolute atomic E-state index is 0.149. The summed E-state index contributed by atoms with van der Waals surface area (Å²) in [6.45, 7) is 0.427. The zero-order chi connectivity index (χ0) is 12.7. The molecule has 2 unspecified atom stereocenters. The number of carboxylic acids is 1. The van der Waals surface area contributed by atoms with E-state index in [1.807, 2.05) is 18.2 Å². The van der Waals surface area contributed by atoms with Crippen LogP contribution in [0.3, 0.4) is 0 Å². The topological polar surface area (TPSA) is 89.8 Å². The van der Waals surface area contributed by atoms with Gasteiger partial charge in [0.05, 0.1) is 18.6 Å². The highest BCUT2D eigenvalue weighted by atomic mass is 16.4. The van der Waals surface area contributed by atoms with Gasteiger partial charge in [0.15, 0.2) is 0 Å². The fourth-order valence-electron chi connectivity index (χ4n) is 1.45. The lowest BCUT2D eigenvalue weighted by Crippen LogP contribution is -2.31. The fraction of sp³-hybridized carbons (Fsp3) is 0.417. The van der Waals surface area contributed by atoms with Crippen molar-refractivity contribution >= 4 is 5.97 Å². The maximum atomic E-state index is 10.3. The van der Waals surface area contributed by atoms with E-state index in [1.165, 1.54) is 0 Å². The van der Waals surface area contributed by atoms with E-state index in [1.54, 1.807) is 12.1 Å². The number of aliphatic hydroxyl groups is 2. The van der Waals surface area contributed by atoms with Crippen molar-refractivity contribution in [1.82, 2.24) is 5.32 Å². The SMILES string of the molecule is O=C(O)CC(O)CNCC(O)c1ccccc1. The van der Waals surface area contributed by atoms with Gasteiger partial charge in [-0.05, 0) is 5.56 Å². The van der Waals surface area contributed by atoms with Crippen molar-refractivity contribution in [2.75, 3.05) is 13.1 Å². The monoisotopic (exact) mass is 239 g/mol. The van der Waals surface area contributed by atoms with E-state index in [2.05, 4.69) is 5.32 Å². The number of hydrogen-bond donors (Lipinski definition) is 4. The van der Waals surface area contributed by atoms with E-state index in [-0.39, 0.29) is 19.5 Å². The minimum atomic E-state index is -1.04. The van der Waals surface area contributed by atoms with Crippen LogP contribution in [0.25, 0.3) is 0 Å². The molecule has 0 saturated carbocycles. The Hall–Kier alpha value is -1.43. The van der Waals surface area contributed by atoms with Crippen molar-refractivity contribution in [3.05, 3.63) is 35.9 Å². The number of carbonyl (C=O) groups is 1. The Kier molecular flexibility index (Phi) is 5.62. The van der Waals surface area contributed by atoms with Gasteiger partial charge < -0.3 is 20.6 Å². The standard InChI is InChI=1S/C12H17NO4/c14-10(6-12(16)17)7-13-8-11(15)9-4-2-1-3-5-9/h1-5,10-11,13-15H,6-8H2,(H,16,17). The number of benzene rings is 1. The van der Waals surface area contributed by atoms with E-state index in [9.17, 15) is 15.0 Å². The molecule has 17 heavy (non-hydrogen) atoms. The summed E-state index contributed by atoms with van der Waals surface area (Å²) >= 11 is 0. The van der Waals surface area contributed by atoms with Gasteiger partial charge in [-0.2, -0.15) is 0 Å². The van der Waals surface area contributed by atoms with Crippen LogP contribution in [0.4, 0.5) is 0 Å². The van der Waals surface area contributed by atoms with E-state index < -0.39 is 18.2 Å². The molecule has 0 heterocycles. The first-order valence-electron chi connectivity index (χ1n) is 5.43. The van der Waals surface area contributed by atoms with Crippen molar-refractivity contribution in [3.8, 4) is 0 Å². The van der Waals surface area contributed by atoms with Gasteiger partial charge in [-0.15, -0.1) is 0 Å². The molecule has 0 fully saturated rings. The number of hydrogen-bond acceptors (Lipinski definition) is 4.